The minimum Gasteiger partial charge on any atom is -0.451 e. The molecule has 0 spiro atoms. The second-order valence-electron chi connectivity index (χ2n) is 10.7. The molecule has 5 rings (SSSR count). The molecule has 3 heterocycles. The number of halogens is 2. The monoisotopic (exact) mass is 633 g/mol. The maximum Gasteiger partial charge on any atom is 0.178 e. The smallest absolute Gasteiger partial charge is 0.178 e. The van der Waals surface area contributed by atoms with Crippen LogP contribution in [0.4, 0.5) is 10.1 Å². The Kier molecular flexibility index (Phi) is 14.0. The van der Waals surface area contributed by atoms with E-state index in [4.69, 9.17) is 16.0 Å². The van der Waals surface area contributed by atoms with Crippen LogP contribution in [0.15, 0.2) is 72.0 Å². The minimum atomic E-state index is -0.373. The summed E-state index contributed by atoms with van der Waals surface area (Å²) in [5.41, 5.74) is 7.29. The molecule has 0 atom stereocenters. The van der Waals surface area contributed by atoms with Gasteiger partial charge in [-0.05, 0) is 75.4 Å². The lowest BCUT2D eigenvalue weighted by molar-refractivity contribution is 0.343. The van der Waals surface area contributed by atoms with Crippen LogP contribution >= 0.6 is 11.6 Å². The Morgan fingerprint density at radius 2 is 1.93 bits per heavy atom. The summed E-state index contributed by atoms with van der Waals surface area (Å²) in [7, 11) is 3.80. The van der Waals surface area contributed by atoms with Gasteiger partial charge < -0.3 is 29.4 Å². The molecule has 0 saturated carbocycles. The highest BCUT2D eigenvalue weighted by atomic mass is 35.5. The van der Waals surface area contributed by atoms with Crippen molar-refractivity contribution in [3.63, 3.8) is 0 Å². The predicted octanol–water partition coefficient (Wildman–Crippen LogP) is 7.93. The van der Waals surface area contributed by atoms with Crippen LogP contribution in [0.5, 0.6) is 0 Å². The number of nitrogens with one attached hydrogen (secondary N) is 2. The molecular formula is C37H49ClFN5O. The first-order chi connectivity index (χ1) is 21.8. The number of hydrogen-bond acceptors (Lipinski definition) is 5. The SMILES string of the molecule is C=C=C/C=C/CCN(C)c1c(F)cc2c3c1oc1cc(Cl)ccc1n-3cc(C(=C)NCCN1CCCC1)c2=C.CC.CCNC. The topological polar surface area (TPSA) is 48.6 Å². The van der Waals surface area contributed by atoms with Crippen LogP contribution in [0.2, 0.25) is 5.02 Å². The van der Waals surface area contributed by atoms with Crippen LogP contribution in [-0.2, 0) is 0 Å². The zero-order valence-corrected chi connectivity index (χ0v) is 28.4. The van der Waals surface area contributed by atoms with Crippen molar-refractivity contribution in [3.8, 4) is 5.69 Å². The van der Waals surface area contributed by atoms with Crippen molar-refractivity contribution < 1.29 is 8.81 Å². The number of nitrogens with zero attached hydrogens (tertiary/aromatic N) is 3. The number of rotatable bonds is 11. The van der Waals surface area contributed by atoms with E-state index in [2.05, 4.69) is 47.9 Å². The van der Waals surface area contributed by atoms with Crippen LogP contribution in [0.1, 0.15) is 45.6 Å². The second-order valence-corrected chi connectivity index (χ2v) is 11.1. The van der Waals surface area contributed by atoms with Crippen molar-refractivity contribution in [2.75, 3.05) is 58.3 Å². The van der Waals surface area contributed by atoms with Gasteiger partial charge in [-0.1, -0.05) is 64.3 Å². The summed E-state index contributed by atoms with van der Waals surface area (Å²) in [6.07, 6.45) is 10.9. The summed E-state index contributed by atoms with van der Waals surface area (Å²) >= 11 is 6.34. The van der Waals surface area contributed by atoms with E-state index in [0.717, 1.165) is 61.6 Å². The van der Waals surface area contributed by atoms with Gasteiger partial charge in [0.05, 0.1) is 11.2 Å². The Morgan fingerprint density at radius 3 is 2.60 bits per heavy atom. The van der Waals surface area contributed by atoms with Crippen molar-refractivity contribution in [3.05, 3.63) is 89.2 Å². The van der Waals surface area contributed by atoms with Crippen molar-refractivity contribution in [1.29, 1.82) is 0 Å². The summed E-state index contributed by atoms with van der Waals surface area (Å²) in [6.45, 7) is 24.0. The predicted molar refractivity (Wildman–Crippen MR) is 193 cm³/mol. The van der Waals surface area contributed by atoms with Gasteiger partial charge in [0.25, 0.3) is 0 Å². The first kappa shape index (κ1) is 35.7. The van der Waals surface area contributed by atoms with Gasteiger partial charge in [-0.2, -0.15) is 0 Å². The van der Waals surface area contributed by atoms with Crippen LogP contribution in [0, 0.1) is 5.82 Å². The van der Waals surface area contributed by atoms with E-state index in [0.29, 0.717) is 39.0 Å². The van der Waals surface area contributed by atoms with E-state index in [1.165, 1.54) is 12.8 Å². The molecule has 45 heavy (non-hydrogen) atoms. The van der Waals surface area contributed by atoms with Crippen molar-refractivity contribution in [2.45, 2.75) is 40.0 Å². The molecule has 2 aromatic carbocycles. The van der Waals surface area contributed by atoms with Gasteiger partial charge >= 0.3 is 0 Å². The molecule has 242 valence electrons. The number of pyridine rings is 1. The highest BCUT2D eigenvalue weighted by Gasteiger charge is 2.25. The van der Waals surface area contributed by atoms with Gasteiger partial charge in [0.1, 0.15) is 5.69 Å². The summed E-state index contributed by atoms with van der Waals surface area (Å²) in [5.74, 6) is -0.373. The van der Waals surface area contributed by atoms with Crippen molar-refractivity contribution in [1.82, 2.24) is 20.1 Å². The van der Waals surface area contributed by atoms with Gasteiger partial charge in [0.2, 0.25) is 0 Å². The van der Waals surface area contributed by atoms with E-state index in [1.54, 1.807) is 18.2 Å². The average molecular weight is 634 g/mol. The van der Waals surface area contributed by atoms with E-state index in [-0.39, 0.29) is 5.82 Å². The largest absolute Gasteiger partial charge is 0.451 e. The number of anilines is 1. The molecule has 3 aliphatic rings. The molecule has 0 amide bonds. The van der Waals surface area contributed by atoms with Gasteiger partial charge in [0, 0.05) is 60.6 Å². The van der Waals surface area contributed by atoms with Crippen molar-refractivity contribution in [2.24, 2.45) is 0 Å². The van der Waals surface area contributed by atoms with Gasteiger partial charge in [-0.25, -0.2) is 4.39 Å². The zero-order chi connectivity index (χ0) is 32.9. The third-order valence-corrected chi connectivity index (χ3v) is 7.97. The Labute approximate surface area is 273 Å². The normalized spacial score (nSPS) is 13.0. The number of benzene rings is 2. The molecule has 1 fully saturated rings. The molecule has 2 aromatic rings. The van der Waals surface area contributed by atoms with Crippen LogP contribution < -0.4 is 20.8 Å². The Balaban J connectivity index is 0.000000853. The lowest BCUT2D eigenvalue weighted by Gasteiger charge is -2.26. The molecule has 0 bridgehead atoms. The quantitative estimate of drug-likeness (QED) is 0.0760. The van der Waals surface area contributed by atoms with E-state index < -0.39 is 0 Å². The fourth-order valence-electron chi connectivity index (χ4n) is 5.35. The number of fused-ring (bicyclic) bond motifs is 2. The van der Waals surface area contributed by atoms with Crippen molar-refractivity contribution >= 4 is 51.6 Å². The Bertz CT molecular complexity index is 1670. The maximum atomic E-state index is 15.9. The summed E-state index contributed by atoms with van der Waals surface area (Å²) in [5, 5.41) is 8.32. The number of aromatic nitrogens is 1. The summed E-state index contributed by atoms with van der Waals surface area (Å²) in [4.78, 5) is 4.33. The third-order valence-electron chi connectivity index (χ3n) is 7.73. The second kappa shape index (κ2) is 17.7. The molecule has 3 aliphatic heterocycles. The fourth-order valence-corrected chi connectivity index (χ4v) is 5.51. The van der Waals surface area contributed by atoms with Crippen LogP contribution in [0.3, 0.4) is 0 Å². The van der Waals surface area contributed by atoms with E-state index >= 15 is 4.39 Å². The highest BCUT2D eigenvalue weighted by molar-refractivity contribution is 6.31. The van der Waals surface area contributed by atoms with Crippen LogP contribution in [0.25, 0.3) is 40.0 Å². The number of hydrogen-bond donors (Lipinski definition) is 2. The summed E-state index contributed by atoms with van der Waals surface area (Å²) < 4.78 is 24.3. The Hall–Kier alpha value is -3.74. The molecule has 0 aliphatic carbocycles. The lowest BCUT2D eigenvalue weighted by atomic mass is 10.0. The maximum absolute atomic E-state index is 15.9. The summed E-state index contributed by atoms with van der Waals surface area (Å²) in [6, 6.07) is 7.07. The highest BCUT2D eigenvalue weighted by Crippen LogP contribution is 2.39. The molecule has 0 aromatic heterocycles. The molecule has 0 unspecified atom stereocenters. The standard InChI is InChI=1S/C32H34ClFN4O.C3H9N.C2H6/c1-5-6-7-8-9-15-36(4)31-27(34)20-25-22(2)26(23(3)35-14-18-37-16-10-11-17-37)21-38-28-13-12-24(33)19-29(28)39-32(31)30(25)38;1-3-4-2;1-2/h6-8,12-13,19-21,35H,1-3,9-11,14-18H2,4H3;4H,3H2,1-2H3;1-2H3/b8-7+;;. The molecular weight excluding hydrogens is 585 g/mol. The van der Waals surface area contributed by atoms with E-state index in [9.17, 15) is 0 Å². The number of allylic oxidation sites excluding steroid dienone is 2. The molecule has 2 N–H and O–H groups in total. The Morgan fingerprint density at radius 1 is 1.22 bits per heavy atom. The number of likely N-dealkylation sites (tertiary alicyclic amines) is 1. The third kappa shape index (κ3) is 8.71. The molecule has 8 heteroatoms. The molecule has 6 nitrogen and oxygen atoms in total. The average Bonchev–Trinajstić information content (AvgIpc) is 3.56. The first-order valence-electron chi connectivity index (χ1n) is 15.9. The zero-order valence-electron chi connectivity index (χ0n) is 27.6. The minimum absolute atomic E-state index is 0.373. The van der Waals surface area contributed by atoms with Gasteiger partial charge in [0.15, 0.2) is 17.0 Å². The van der Waals surface area contributed by atoms with Gasteiger partial charge in [-0.3, -0.25) is 0 Å². The lowest BCUT2D eigenvalue weighted by Crippen LogP contribution is -2.30. The molecule has 0 radical (unpaired) electrons. The first-order valence-corrected chi connectivity index (χ1v) is 16.2. The van der Waals surface area contributed by atoms with E-state index in [1.807, 2.05) is 67.9 Å². The molecule has 1 saturated heterocycles. The van der Waals surface area contributed by atoms with Gasteiger partial charge in [-0.15, -0.1) is 5.73 Å². The fraction of sp³-hybridized carbons (Fsp3) is 0.378. The van der Waals surface area contributed by atoms with Crippen LogP contribution in [-0.4, -0.2) is 62.8 Å².